The van der Waals surface area contributed by atoms with E-state index < -0.39 is 23.9 Å². The summed E-state index contributed by atoms with van der Waals surface area (Å²) >= 11 is 0. The van der Waals surface area contributed by atoms with Crippen molar-refractivity contribution in [3.63, 3.8) is 0 Å². The standard InChI is InChI=1S/C36H32O10/c1-21(2)33(37)43-15-13-41-29-12-11-26(19-31(29)45-35(39)23(5)6)25-9-10-27-18-30(42-14-16-44-34(38)22(3)4)32(20-28(27)17-25)46-36(40)24(7)8/h9-20H,1,3,5,7H2,2,4,6,8H3/b15-13-,16-14-. The highest BCUT2D eigenvalue weighted by molar-refractivity contribution is 5.94. The summed E-state index contributed by atoms with van der Waals surface area (Å²) in [5.74, 6) is -2.07. The maximum atomic E-state index is 12.4. The van der Waals surface area contributed by atoms with Crippen molar-refractivity contribution in [3.8, 4) is 34.1 Å². The van der Waals surface area contributed by atoms with Crippen LogP contribution in [0.4, 0.5) is 0 Å². The van der Waals surface area contributed by atoms with Gasteiger partial charge in [-0.3, -0.25) is 0 Å². The maximum Gasteiger partial charge on any atom is 0.338 e. The number of rotatable bonds is 13. The molecule has 3 aromatic carbocycles. The van der Waals surface area contributed by atoms with Crippen LogP contribution in [0, 0.1) is 0 Å². The normalized spacial score (nSPS) is 10.7. The molecule has 0 N–H and O–H groups in total. The van der Waals surface area contributed by atoms with Crippen molar-refractivity contribution in [1.29, 1.82) is 0 Å². The van der Waals surface area contributed by atoms with E-state index in [0.29, 0.717) is 10.9 Å². The van der Waals surface area contributed by atoms with E-state index in [1.165, 1.54) is 27.7 Å². The van der Waals surface area contributed by atoms with Gasteiger partial charge in [0, 0.05) is 22.3 Å². The van der Waals surface area contributed by atoms with E-state index in [2.05, 4.69) is 26.3 Å². The Kier molecular flexibility index (Phi) is 11.6. The van der Waals surface area contributed by atoms with Crippen LogP contribution in [0.25, 0.3) is 21.9 Å². The topological polar surface area (TPSA) is 124 Å². The number of carbonyl (C=O) groups excluding carboxylic acids is 4. The fraction of sp³-hybridized carbons (Fsp3) is 0.111. The van der Waals surface area contributed by atoms with Crippen LogP contribution in [0.2, 0.25) is 0 Å². The molecule has 0 atom stereocenters. The van der Waals surface area contributed by atoms with Crippen LogP contribution < -0.4 is 18.9 Å². The summed E-state index contributed by atoms with van der Waals surface area (Å²) in [4.78, 5) is 48.0. The van der Waals surface area contributed by atoms with Crippen LogP contribution in [0.15, 0.2) is 122 Å². The molecule has 0 radical (unpaired) electrons. The van der Waals surface area contributed by atoms with Crippen LogP contribution in [0.1, 0.15) is 27.7 Å². The van der Waals surface area contributed by atoms with Gasteiger partial charge in [0.15, 0.2) is 23.0 Å². The molecule has 10 nitrogen and oxygen atoms in total. The largest absolute Gasteiger partial charge is 0.458 e. The highest BCUT2D eigenvalue weighted by atomic mass is 16.6. The fourth-order valence-corrected chi connectivity index (χ4v) is 3.43. The minimum absolute atomic E-state index is 0.0837. The second kappa shape index (κ2) is 15.5. The van der Waals surface area contributed by atoms with Gasteiger partial charge in [-0.2, -0.15) is 0 Å². The molecular formula is C36H32O10. The quantitative estimate of drug-likeness (QED) is 0.0822. The highest BCUT2D eigenvalue weighted by Gasteiger charge is 2.16. The summed E-state index contributed by atoms with van der Waals surface area (Å²) in [6, 6.07) is 13.6. The summed E-state index contributed by atoms with van der Waals surface area (Å²) < 4.78 is 32.0. The van der Waals surface area contributed by atoms with Crippen LogP contribution in [-0.4, -0.2) is 23.9 Å². The molecule has 0 aliphatic rings. The van der Waals surface area contributed by atoms with Crippen molar-refractivity contribution in [2.45, 2.75) is 27.7 Å². The molecule has 0 amide bonds. The number of esters is 4. The molecule has 0 spiro atoms. The second-order valence-corrected chi connectivity index (χ2v) is 10.0. The van der Waals surface area contributed by atoms with E-state index in [4.69, 9.17) is 28.4 Å². The summed E-state index contributed by atoms with van der Waals surface area (Å²) in [6.45, 7) is 20.3. The fourth-order valence-electron chi connectivity index (χ4n) is 3.43. The highest BCUT2D eigenvalue weighted by Crippen LogP contribution is 2.38. The molecule has 46 heavy (non-hydrogen) atoms. The zero-order chi connectivity index (χ0) is 34.0. The van der Waals surface area contributed by atoms with Gasteiger partial charge in [0.05, 0.1) is 0 Å². The molecule has 10 heteroatoms. The first-order chi connectivity index (χ1) is 21.8. The monoisotopic (exact) mass is 624 g/mol. The molecule has 0 aliphatic heterocycles. The predicted molar refractivity (Wildman–Crippen MR) is 172 cm³/mol. The summed E-state index contributed by atoms with van der Waals surface area (Å²) in [7, 11) is 0. The van der Waals surface area contributed by atoms with Crippen molar-refractivity contribution in [1.82, 2.24) is 0 Å². The first-order valence-electron chi connectivity index (χ1n) is 13.6. The predicted octanol–water partition coefficient (Wildman–Crippen LogP) is 7.41. The van der Waals surface area contributed by atoms with E-state index in [1.807, 2.05) is 18.2 Å². The lowest BCUT2D eigenvalue weighted by atomic mass is 10.0. The van der Waals surface area contributed by atoms with Crippen LogP contribution in [0.3, 0.4) is 0 Å². The van der Waals surface area contributed by atoms with Gasteiger partial charge in [-0.25, -0.2) is 19.2 Å². The van der Waals surface area contributed by atoms with Gasteiger partial charge < -0.3 is 28.4 Å². The number of hydrogen-bond acceptors (Lipinski definition) is 10. The Balaban J connectivity index is 1.99. The van der Waals surface area contributed by atoms with E-state index in [9.17, 15) is 19.2 Å². The molecule has 236 valence electrons. The average molecular weight is 625 g/mol. The van der Waals surface area contributed by atoms with E-state index in [0.717, 1.165) is 36.0 Å². The van der Waals surface area contributed by atoms with Crippen molar-refractivity contribution in [3.05, 3.63) is 122 Å². The Hall–Kier alpha value is -6.16. The van der Waals surface area contributed by atoms with Crippen molar-refractivity contribution < 1.29 is 47.6 Å². The van der Waals surface area contributed by atoms with Gasteiger partial charge in [-0.05, 0) is 79.9 Å². The van der Waals surface area contributed by atoms with Crippen molar-refractivity contribution in [2.75, 3.05) is 0 Å². The Morgan fingerprint density at radius 2 is 0.913 bits per heavy atom. The maximum absolute atomic E-state index is 12.4. The zero-order valence-electron chi connectivity index (χ0n) is 25.8. The Morgan fingerprint density at radius 3 is 1.43 bits per heavy atom. The minimum Gasteiger partial charge on any atom is -0.458 e. The molecule has 0 saturated carbocycles. The average Bonchev–Trinajstić information content (AvgIpc) is 3.01. The molecule has 3 aromatic rings. The van der Waals surface area contributed by atoms with E-state index in [1.54, 1.807) is 30.3 Å². The van der Waals surface area contributed by atoms with Gasteiger partial charge in [0.1, 0.15) is 25.0 Å². The van der Waals surface area contributed by atoms with Crippen molar-refractivity contribution >= 4 is 34.6 Å². The Bertz CT molecular complexity index is 1820. The third kappa shape index (κ3) is 9.42. The SMILES string of the molecule is C=C(C)C(=O)O/C=C\Oc1ccc(-c2ccc3cc(O/C=C\OC(=O)C(=C)C)c(OC(=O)C(=C)C)cc3c2)cc1OC(=O)C(=C)C. The lowest BCUT2D eigenvalue weighted by Gasteiger charge is -2.13. The molecule has 0 fully saturated rings. The molecule has 0 heterocycles. The molecule has 0 aromatic heterocycles. The van der Waals surface area contributed by atoms with Crippen molar-refractivity contribution in [2.24, 2.45) is 0 Å². The zero-order valence-corrected chi connectivity index (χ0v) is 25.8. The number of fused-ring (bicyclic) bond motifs is 1. The van der Waals surface area contributed by atoms with Crippen LogP contribution >= 0.6 is 0 Å². The summed E-state index contributed by atoms with van der Waals surface area (Å²) in [5.41, 5.74) is 2.14. The van der Waals surface area contributed by atoms with Crippen LogP contribution in [-0.2, 0) is 28.7 Å². The second-order valence-electron chi connectivity index (χ2n) is 10.0. The van der Waals surface area contributed by atoms with E-state index in [-0.39, 0.29) is 45.3 Å². The molecule has 0 unspecified atom stereocenters. The summed E-state index contributed by atoms with van der Waals surface area (Å²) in [6.07, 6.45) is 4.34. The summed E-state index contributed by atoms with van der Waals surface area (Å²) in [5, 5.41) is 1.40. The Labute approximate surface area is 266 Å². The first-order valence-corrected chi connectivity index (χ1v) is 13.6. The molecule has 0 aliphatic carbocycles. The smallest absolute Gasteiger partial charge is 0.338 e. The van der Waals surface area contributed by atoms with Gasteiger partial charge in [0.2, 0.25) is 0 Å². The number of ether oxygens (including phenoxy) is 6. The molecular weight excluding hydrogens is 592 g/mol. The van der Waals surface area contributed by atoms with Gasteiger partial charge >= 0.3 is 23.9 Å². The lowest BCUT2D eigenvalue weighted by Crippen LogP contribution is -2.09. The number of hydrogen-bond donors (Lipinski definition) is 0. The van der Waals surface area contributed by atoms with Crippen LogP contribution in [0.5, 0.6) is 23.0 Å². The number of benzene rings is 3. The van der Waals surface area contributed by atoms with Gasteiger partial charge in [-0.15, -0.1) is 0 Å². The molecule has 0 saturated heterocycles. The third-order valence-electron chi connectivity index (χ3n) is 5.83. The van der Waals surface area contributed by atoms with Gasteiger partial charge in [-0.1, -0.05) is 44.5 Å². The number of carbonyl (C=O) groups is 4. The lowest BCUT2D eigenvalue weighted by molar-refractivity contribution is -0.134. The first kappa shape index (κ1) is 34.3. The minimum atomic E-state index is -0.668. The molecule has 0 bridgehead atoms. The Morgan fingerprint density at radius 1 is 0.478 bits per heavy atom. The van der Waals surface area contributed by atoms with Gasteiger partial charge in [0.25, 0.3) is 0 Å². The third-order valence-corrected chi connectivity index (χ3v) is 5.83. The van der Waals surface area contributed by atoms with E-state index >= 15 is 0 Å². The molecule has 3 rings (SSSR count).